The molecule has 0 saturated carbocycles. The van der Waals surface area contributed by atoms with Gasteiger partial charge in [-0.2, -0.15) is 0 Å². The topological polar surface area (TPSA) is 71.5 Å². The van der Waals surface area contributed by atoms with Crippen molar-refractivity contribution in [3.05, 3.63) is 23.9 Å². The van der Waals surface area contributed by atoms with Crippen LogP contribution in [-0.4, -0.2) is 68.4 Å². The monoisotopic (exact) mass is 337 g/mol. The molecule has 0 radical (unpaired) electrons. The molecule has 0 bridgehead atoms. The third-order valence-electron chi connectivity index (χ3n) is 4.98. The zero-order chi connectivity index (χ0) is 16.2. The van der Waals surface area contributed by atoms with Crippen LogP contribution in [0.2, 0.25) is 0 Å². The van der Waals surface area contributed by atoms with Crippen LogP contribution in [0.5, 0.6) is 0 Å². The van der Waals surface area contributed by atoms with E-state index >= 15 is 0 Å². The Labute approximate surface area is 140 Å². The molecule has 2 aliphatic rings. The smallest absolute Gasteiger partial charge is 0.113 e. The van der Waals surface area contributed by atoms with E-state index in [1.807, 2.05) is 6.07 Å². The molecule has 3 rings (SSSR count). The van der Waals surface area contributed by atoms with E-state index in [-0.39, 0.29) is 5.03 Å². The summed E-state index contributed by atoms with van der Waals surface area (Å²) >= 11 is -2.25. The summed E-state index contributed by atoms with van der Waals surface area (Å²) in [4.78, 5) is 9.10. The van der Waals surface area contributed by atoms with E-state index in [0.29, 0.717) is 6.04 Å². The molecule has 0 spiro atoms. The maximum Gasteiger partial charge on any atom is 0.113 e. The summed E-state index contributed by atoms with van der Waals surface area (Å²) in [6, 6.07) is 4.68. The van der Waals surface area contributed by atoms with Gasteiger partial charge in [0.2, 0.25) is 0 Å². The average molecular weight is 337 g/mol. The van der Waals surface area contributed by atoms with E-state index in [4.69, 9.17) is 0 Å². The van der Waals surface area contributed by atoms with Gasteiger partial charge in [0.05, 0.1) is 0 Å². The number of rotatable bonds is 4. The highest BCUT2D eigenvalue weighted by Crippen LogP contribution is 2.19. The van der Waals surface area contributed by atoms with Gasteiger partial charge in [-0.1, -0.05) is 6.07 Å². The van der Waals surface area contributed by atoms with E-state index < -0.39 is 11.1 Å². The van der Waals surface area contributed by atoms with Crippen molar-refractivity contribution in [1.82, 2.24) is 20.1 Å². The predicted molar refractivity (Wildman–Crippen MR) is 88.8 cm³/mol. The normalized spacial score (nSPS) is 26.3. The van der Waals surface area contributed by atoms with Crippen molar-refractivity contribution in [3.63, 3.8) is 0 Å². The molecule has 1 aromatic rings. The van der Waals surface area contributed by atoms with Crippen LogP contribution >= 0.6 is 0 Å². The molecule has 2 atom stereocenters. The molecule has 0 aliphatic carbocycles. The average Bonchev–Trinajstić information content (AvgIpc) is 2.58. The minimum Gasteiger partial charge on any atom is -0.767 e. The van der Waals surface area contributed by atoms with Crippen molar-refractivity contribution in [2.24, 2.45) is 0 Å². The zero-order valence-corrected chi connectivity index (χ0v) is 14.4. The summed E-state index contributed by atoms with van der Waals surface area (Å²) in [5.41, 5.74) is 1.07. The molecular formula is C16H25N4O2S-. The first kappa shape index (κ1) is 17.0. The van der Waals surface area contributed by atoms with Crippen molar-refractivity contribution >= 4 is 11.1 Å². The fourth-order valence-electron chi connectivity index (χ4n) is 3.60. The number of nitrogens with zero attached hydrogens (tertiary/aromatic N) is 3. The maximum atomic E-state index is 10.9. The highest BCUT2D eigenvalue weighted by Gasteiger charge is 2.28. The van der Waals surface area contributed by atoms with Gasteiger partial charge in [0.25, 0.3) is 0 Å². The molecule has 7 heteroatoms. The van der Waals surface area contributed by atoms with Crippen molar-refractivity contribution in [2.45, 2.75) is 43.4 Å². The molecule has 1 unspecified atom stereocenters. The number of hydrogen-bond acceptors (Lipinski definition) is 6. The molecular weight excluding hydrogens is 312 g/mol. The van der Waals surface area contributed by atoms with Crippen molar-refractivity contribution in [1.29, 1.82) is 0 Å². The van der Waals surface area contributed by atoms with Crippen molar-refractivity contribution < 1.29 is 8.76 Å². The quantitative estimate of drug-likeness (QED) is 0.811. The van der Waals surface area contributed by atoms with Crippen LogP contribution in [-0.2, 0) is 17.6 Å². The minimum atomic E-state index is -2.25. The molecule has 0 amide bonds. The van der Waals surface area contributed by atoms with Crippen molar-refractivity contribution in [2.75, 3.05) is 32.7 Å². The molecule has 3 heterocycles. The van der Waals surface area contributed by atoms with Crippen molar-refractivity contribution in [3.8, 4) is 0 Å². The zero-order valence-electron chi connectivity index (χ0n) is 13.6. The molecule has 2 saturated heterocycles. The van der Waals surface area contributed by atoms with Crippen LogP contribution in [0.15, 0.2) is 23.4 Å². The van der Waals surface area contributed by atoms with E-state index in [2.05, 4.69) is 27.0 Å². The highest BCUT2D eigenvalue weighted by atomic mass is 32.2. The summed E-state index contributed by atoms with van der Waals surface area (Å²) < 4.78 is 21.7. The van der Waals surface area contributed by atoms with Crippen LogP contribution in [0.4, 0.5) is 0 Å². The van der Waals surface area contributed by atoms with Gasteiger partial charge in [0.1, 0.15) is 5.03 Å². The van der Waals surface area contributed by atoms with Gasteiger partial charge < -0.3 is 9.87 Å². The first-order valence-electron chi connectivity index (χ1n) is 8.36. The van der Waals surface area contributed by atoms with Gasteiger partial charge >= 0.3 is 0 Å². The molecule has 2 aliphatic heterocycles. The second-order valence-corrected chi connectivity index (χ2v) is 7.42. The Morgan fingerprint density at radius 3 is 2.74 bits per heavy atom. The Hall–Kier alpha value is -0.860. The van der Waals surface area contributed by atoms with Crippen LogP contribution in [0.25, 0.3) is 0 Å². The lowest BCUT2D eigenvalue weighted by Crippen LogP contribution is -2.56. The fraction of sp³-hybridized carbons (Fsp3) is 0.688. The van der Waals surface area contributed by atoms with Crippen LogP contribution < -0.4 is 5.32 Å². The molecule has 1 N–H and O–H groups in total. The molecule has 23 heavy (non-hydrogen) atoms. The Kier molecular flexibility index (Phi) is 5.76. The van der Waals surface area contributed by atoms with Gasteiger partial charge in [0.15, 0.2) is 0 Å². The fourth-order valence-corrected chi connectivity index (χ4v) is 3.92. The Morgan fingerprint density at radius 1 is 1.35 bits per heavy atom. The third kappa shape index (κ3) is 4.36. The Morgan fingerprint density at radius 2 is 2.13 bits per heavy atom. The van der Waals surface area contributed by atoms with E-state index in [1.54, 1.807) is 12.3 Å². The minimum absolute atomic E-state index is 0.109. The number of aromatic nitrogens is 1. The number of pyridine rings is 1. The SMILES string of the molecule is C[C@@H]1CN(C2CCNCC2)CCN1Cc1ccc(S(=O)[O-])nc1. The first-order valence-corrected chi connectivity index (χ1v) is 9.44. The largest absolute Gasteiger partial charge is 0.767 e. The molecule has 1 aromatic heterocycles. The lowest BCUT2D eigenvalue weighted by atomic mass is 10.0. The second kappa shape index (κ2) is 7.81. The summed E-state index contributed by atoms with van der Waals surface area (Å²) in [6.07, 6.45) is 4.19. The summed E-state index contributed by atoms with van der Waals surface area (Å²) in [6.45, 7) is 8.67. The Bertz CT molecular complexity index is 533. The number of nitrogens with one attached hydrogen (secondary N) is 1. The first-order chi connectivity index (χ1) is 11.1. The van der Waals surface area contributed by atoms with Gasteiger partial charge in [-0.25, -0.2) is 4.98 Å². The number of hydrogen-bond donors (Lipinski definition) is 1. The van der Waals surface area contributed by atoms with Crippen LogP contribution in [0.1, 0.15) is 25.3 Å². The third-order valence-corrected chi connectivity index (χ3v) is 5.56. The van der Waals surface area contributed by atoms with E-state index in [9.17, 15) is 8.76 Å². The molecule has 2 fully saturated rings. The molecule has 0 aromatic carbocycles. The standard InChI is InChI=1S/C16H26N4O2S/c1-13-11-20(15-4-6-17-7-5-15)9-8-19(13)12-14-2-3-16(18-10-14)23(21)22/h2-3,10,13,15,17H,4-9,11-12H2,1H3,(H,21,22)/p-1/t13-/m1/s1. The lowest BCUT2D eigenvalue weighted by Gasteiger charge is -2.44. The molecule has 128 valence electrons. The summed E-state index contributed by atoms with van der Waals surface area (Å²) in [5, 5.41) is 3.54. The predicted octanol–water partition coefficient (Wildman–Crippen LogP) is 0.578. The maximum absolute atomic E-state index is 10.9. The van der Waals surface area contributed by atoms with Crippen LogP contribution in [0, 0.1) is 0 Å². The van der Waals surface area contributed by atoms with E-state index in [0.717, 1.165) is 50.9 Å². The van der Waals surface area contributed by atoms with Crippen LogP contribution in [0.3, 0.4) is 0 Å². The van der Waals surface area contributed by atoms with Gasteiger partial charge in [-0.3, -0.25) is 14.0 Å². The molecule has 6 nitrogen and oxygen atoms in total. The highest BCUT2D eigenvalue weighted by molar-refractivity contribution is 7.79. The van der Waals surface area contributed by atoms with Gasteiger partial charge in [-0.05, 0) is 55.6 Å². The second-order valence-electron chi connectivity index (χ2n) is 6.54. The number of piperidine rings is 1. The van der Waals surface area contributed by atoms with E-state index in [1.165, 1.54) is 12.8 Å². The number of piperazine rings is 1. The summed E-state index contributed by atoms with van der Waals surface area (Å²) in [5.74, 6) is 0. The van der Waals surface area contributed by atoms with Gasteiger partial charge in [-0.15, -0.1) is 0 Å². The van der Waals surface area contributed by atoms with Gasteiger partial charge in [0, 0.05) is 44.5 Å². The Balaban J connectivity index is 1.54. The lowest BCUT2D eigenvalue weighted by molar-refractivity contribution is 0.0412. The summed E-state index contributed by atoms with van der Waals surface area (Å²) in [7, 11) is 0.